The first-order chi connectivity index (χ1) is 11.5. The number of carboxylic acids is 1. The standard InChI is InChI=1S/C17H20N2O5/c1-24-14-7-3-2-5-12(14)19-10-11(9-15(19)20)16(21)18-8-4-6-13(18)17(22)23/h2-3,5,7,11,13H,4,6,8-10H2,1H3,(H,22,23)/t11-,13-/m1/s1. The number of carbonyl (C=O) groups excluding carboxylic acids is 2. The van der Waals surface area contributed by atoms with Crippen molar-refractivity contribution in [1.29, 1.82) is 0 Å². The highest BCUT2D eigenvalue weighted by atomic mass is 16.5. The Kier molecular flexibility index (Phi) is 4.42. The molecule has 7 nitrogen and oxygen atoms in total. The fraction of sp³-hybridized carbons (Fsp3) is 0.471. The van der Waals surface area contributed by atoms with Gasteiger partial charge in [-0.1, -0.05) is 12.1 Å². The maximum absolute atomic E-state index is 12.7. The van der Waals surface area contributed by atoms with Gasteiger partial charge in [0.1, 0.15) is 11.8 Å². The highest BCUT2D eigenvalue weighted by Crippen LogP contribution is 2.34. The van der Waals surface area contributed by atoms with E-state index in [-0.39, 0.29) is 24.8 Å². The van der Waals surface area contributed by atoms with Crippen molar-refractivity contribution in [2.45, 2.75) is 25.3 Å². The molecule has 128 valence electrons. The molecule has 0 unspecified atom stereocenters. The molecule has 1 aromatic carbocycles. The van der Waals surface area contributed by atoms with E-state index in [4.69, 9.17) is 4.74 Å². The Labute approximate surface area is 139 Å². The molecule has 0 spiro atoms. The Morgan fingerprint density at radius 2 is 2.04 bits per heavy atom. The van der Waals surface area contributed by atoms with Gasteiger partial charge in [0, 0.05) is 19.5 Å². The molecule has 0 aromatic heterocycles. The van der Waals surface area contributed by atoms with E-state index in [1.165, 1.54) is 12.0 Å². The molecule has 2 atom stereocenters. The van der Waals surface area contributed by atoms with Crippen molar-refractivity contribution in [2.24, 2.45) is 5.92 Å². The number of benzene rings is 1. The van der Waals surface area contributed by atoms with Crippen molar-refractivity contribution in [3.05, 3.63) is 24.3 Å². The quantitative estimate of drug-likeness (QED) is 0.893. The molecule has 7 heteroatoms. The number of rotatable bonds is 4. The van der Waals surface area contributed by atoms with Crippen LogP contribution in [0.4, 0.5) is 5.69 Å². The van der Waals surface area contributed by atoms with E-state index in [2.05, 4.69) is 0 Å². The Bertz CT molecular complexity index is 675. The predicted molar refractivity (Wildman–Crippen MR) is 85.8 cm³/mol. The summed E-state index contributed by atoms with van der Waals surface area (Å²) < 4.78 is 5.28. The lowest BCUT2D eigenvalue weighted by molar-refractivity contribution is -0.149. The number of ether oxygens (including phenoxy) is 1. The van der Waals surface area contributed by atoms with E-state index >= 15 is 0 Å². The van der Waals surface area contributed by atoms with Crippen LogP contribution in [0.1, 0.15) is 19.3 Å². The van der Waals surface area contributed by atoms with Gasteiger partial charge in [-0.05, 0) is 25.0 Å². The van der Waals surface area contributed by atoms with Crippen LogP contribution in [-0.2, 0) is 14.4 Å². The summed E-state index contributed by atoms with van der Waals surface area (Å²) in [4.78, 5) is 39.3. The Hall–Kier alpha value is -2.57. The van der Waals surface area contributed by atoms with Gasteiger partial charge in [0.2, 0.25) is 11.8 Å². The maximum atomic E-state index is 12.7. The van der Waals surface area contributed by atoms with E-state index in [0.717, 1.165) is 0 Å². The third kappa shape index (κ3) is 2.81. The number of methoxy groups -OCH3 is 1. The summed E-state index contributed by atoms with van der Waals surface area (Å²) in [5.74, 6) is -1.31. The molecular formula is C17H20N2O5. The van der Waals surface area contributed by atoms with Gasteiger partial charge in [-0.15, -0.1) is 0 Å². The van der Waals surface area contributed by atoms with E-state index in [1.54, 1.807) is 23.1 Å². The van der Waals surface area contributed by atoms with Gasteiger partial charge in [-0.3, -0.25) is 9.59 Å². The van der Waals surface area contributed by atoms with Crippen molar-refractivity contribution in [3.8, 4) is 5.75 Å². The number of carboxylic acid groups (broad SMARTS) is 1. The zero-order valence-electron chi connectivity index (χ0n) is 13.5. The van der Waals surface area contributed by atoms with Crippen LogP contribution in [0, 0.1) is 5.92 Å². The monoisotopic (exact) mass is 332 g/mol. The first-order valence-corrected chi connectivity index (χ1v) is 7.99. The van der Waals surface area contributed by atoms with Gasteiger partial charge in [0.25, 0.3) is 0 Å². The van der Waals surface area contributed by atoms with Gasteiger partial charge < -0.3 is 19.6 Å². The van der Waals surface area contributed by atoms with Crippen LogP contribution in [0.15, 0.2) is 24.3 Å². The van der Waals surface area contributed by atoms with Crippen LogP contribution in [0.3, 0.4) is 0 Å². The SMILES string of the molecule is COc1ccccc1N1C[C@H](C(=O)N2CCC[C@@H]2C(=O)O)CC1=O. The minimum absolute atomic E-state index is 0.0969. The first kappa shape index (κ1) is 16.3. The van der Waals surface area contributed by atoms with Crippen molar-refractivity contribution >= 4 is 23.5 Å². The number of hydrogen-bond donors (Lipinski definition) is 1. The molecule has 0 radical (unpaired) electrons. The van der Waals surface area contributed by atoms with Crippen LogP contribution >= 0.6 is 0 Å². The van der Waals surface area contributed by atoms with Crippen LogP contribution in [-0.4, -0.2) is 54.0 Å². The molecule has 24 heavy (non-hydrogen) atoms. The predicted octanol–water partition coefficient (Wildman–Crippen LogP) is 1.12. The second-order valence-electron chi connectivity index (χ2n) is 6.11. The molecule has 2 saturated heterocycles. The normalized spacial score (nSPS) is 23.6. The summed E-state index contributed by atoms with van der Waals surface area (Å²) in [7, 11) is 1.53. The summed E-state index contributed by atoms with van der Waals surface area (Å²) in [6.07, 6.45) is 1.25. The van der Waals surface area contributed by atoms with Crippen LogP contribution in [0.2, 0.25) is 0 Å². The first-order valence-electron chi connectivity index (χ1n) is 7.99. The van der Waals surface area contributed by atoms with Crippen molar-refractivity contribution in [2.75, 3.05) is 25.1 Å². The molecule has 3 rings (SSSR count). The minimum Gasteiger partial charge on any atom is -0.495 e. The molecule has 2 amide bonds. The number of amides is 2. The van der Waals surface area contributed by atoms with Gasteiger partial charge >= 0.3 is 5.97 Å². The number of carbonyl (C=O) groups is 3. The summed E-state index contributed by atoms with van der Waals surface area (Å²) in [6, 6.07) is 6.39. The number of aliphatic carboxylic acids is 1. The van der Waals surface area contributed by atoms with Crippen LogP contribution < -0.4 is 9.64 Å². The summed E-state index contributed by atoms with van der Waals surface area (Å²) in [5, 5.41) is 9.24. The fourth-order valence-electron chi connectivity index (χ4n) is 3.48. The molecule has 0 bridgehead atoms. The summed E-state index contributed by atoms with van der Waals surface area (Å²) in [5.41, 5.74) is 0.636. The fourth-order valence-corrected chi connectivity index (χ4v) is 3.48. The lowest BCUT2D eigenvalue weighted by Gasteiger charge is -2.25. The van der Waals surface area contributed by atoms with Gasteiger partial charge in [-0.25, -0.2) is 4.79 Å². The second-order valence-corrected chi connectivity index (χ2v) is 6.11. The smallest absolute Gasteiger partial charge is 0.326 e. The largest absolute Gasteiger partial charge is 0.495 e. The lowest BCUT2D eigenvalue weighted by atomic mass is 10.1. The van der Waals surface area contributed by atoms with Crippen molar-refractivity contribution in [1.82, 2.24) is 4.90 Å². The Balaban J connectivity index is 1.77. The molecule has 1 aromatic rings. The van der Waals surface area contributed by atoms with Gasteiger partial charge in [0.15, 0.2) is 0 Å². The van der Waals surface area contributed by atoms with Gasteiger partial charge in [0.05, 0.1) is 18.7 Å². The second kappa shape index (κ2) is 6.51. The molecule has 0 aliphatic carbocycles. The van der Waals surface area contributed by atoms with E-state index in [0.29, 0.717) is 30.8 Å². The van der Waals surface area contributed by atoms with Gasteiger partial charge in [-0.2, -0.15) is 0 Å². The molecule has 1 N–H and O–H groups in total. The van der Waals surface area contributed by atoms with E-state index < -0.39 is 17.9 Å². The van der Waals surface area contributed by atoms with Crippen LogP contribution in [0.5, 0.6) is 5.75 Å². The van der Waals surface area contributed by atoms with E-state index in [1.807, 2.05) is 6.07 Å². The summed E-state index contributed by atoms with van der Waals surface area (Å²) >= 11 is 0. The molecular weight excluding hydrogens is 312 g/mol. The molecule has 0 saturated carbocycles. The average molecular weight is 332 g/mol. The number of likely N-dealkylation sites (tertiary alicyclic amines) is 1. The molecule has 2 heterocycles. The summed E-state index contributed by atoms with van der Waals surface area (Å²) in [6.45, 7) is 0.691. The van der Waals surface area contributed by atoms with Crippen LogP contribution in [0.25, 0.3) is 0 Å². The maximum Gasteiger partial charge on any atom is 0.326 e. The number of nitrogens with zero attached hydrogens (tertiary/aromatic N) is 2. The Morgan fingerprint density at radius 1 is 1.29 bits per heavy atom. The highest BCUT2D eigenvalue weighted by Gasteiger charge is 2.42. The average Bonchev–Trinajstić information content (AvgIpc) is 3.21. The molecule has 2 aliphatic heterocycles. The van der Waals surface area contributed by atoms with Crippen molar-refractivity contribution < 1.29 is 24.2 Å². The van der Waals surface area contributed by atoms with E-state index in [9.17, 15) is 19.5 Å². The Morgan fingerprint density at radius 3 is 2.75 bits per heavy atom. The highest BCUT2D eigenvalue weighted by molar-refractivity contribution is 6.01. The zero-order chi connectivity index (χ0) is 17.3. The zero-order valence-corrected chi connectivity index (χ0v) is 13.5. The molecule has 2 fully saturated rings. The minimum atomic E-state index is -0.980. The number of anilines is 1. The number of para-hydroxylation sites is 2. The number of hydrogen-bond acceptors (Lipinski definition) is 4. The molecule has 2 aliphatic rings. The third-order valence-corrected chi connectivity index (χ3v) is 4.67. The third-order valence-electron chi connectivity index (χ3n) is 4.67. The van der Waals surface area contributed by atoms with Crippen molar-refractivity contribution in [3.63, 3.8) is 0 Å². The topological polar surface area (TPSA) is 87.2 Å². The lowest BCUT2D eigenvalue weighted by Crippen LogP contribution is -2.44.